The van der Waals surface area contributed by atoms with Crippen LogP contribution in [0.25, 0.3) is 0 Å². The molecule has 0 saturated heterocycles. The number of hydrogen-bond acceptors (Lipinski definition) is 3. The highest BCUT2D eigenvalue weighted by Gasteiger charge is 2.10. The highest BCUT2D eigenvalue weighted by atomic mass is 32.2. The Hall–Kier alpha value is -2.28. The maximum Gasteiger partial charge on any atom is 0.118 e. The quantitative estimate of drug-likeness (QED) is 0.390. The maximum atomic E-state index is 5.26. The molecule has 0 spiro atoms. The Balaban J connectivity index is 1.81. The zero-order valence-corrected chi connectivity index (χ0v) is 15.5. The number of ether oxygens (including phenoxy) is 1. The average molecular weight is 363 g/mol. The first-order valence-corrected chi connectivity index (χ1v) is 9.63. The fourth-order valence-electron chi connectivity index (χ4n) is 2.23. The fraction of sp³-hybridized carbons (Fsp3) is 0.0909. The van der Waals surface area contributed by atoms with Crippen LogP contribution >= 0.6 is 23.5 Å². The van der Waals surface area contributed by atoms with Crippen LogP contribution in [0.15, 0.2) is 94.7 Å². The molecule has 3 rings (SSSR count). The molecule has 1 atom stereocenters. The molecule has 0 radical (unpaired) electrons. The molecule has 0 heterocycles. The molecular weight excluding hydrogens is 344 g/mol. The van der Waals surface area contributed by atoms with Crippen molar-refractivity contribution in [1.29, 1.82) is 0 Å². The van der Waals surface area contributed by atoms with E-state index in [1.807, 2.05) is 36.4 Å². The third-order valence-corrected chi connectivity index (χ3v) is 5.42. The third-order valence-electron chi connectivity index (χ3n) is 3.52. The fourth-order valence-corrected chi connectivity index (χ4v) is 3.89. The highest BCUT2D eigenvalue weighted by Crippen LogP contribution is 2.35. The molecule has 3 heteroatoms. The van der Waals surface area contributed by atoms with Gasteiger partial charge in [0.2, 0.25) is 0 Å². The van der Waals surface area contributed by atoms with Gasteiger partial charge in [0, 0.05) is 9.79 Å². The molecular formula is C22H18OS2. The third kappa shape index (κ3) is 5.35. The largest absolute Gasteiger partial charge is 0.497 e. The van der Waals surface area contributed by atoms with E-state index in [-0.39, 0.29) is 5.25 Å². The van der Waals surface area contributed by atoms with Gasteiger partial charge in [0.1, 0.15) is 5.75 Å². The molecule has 0 aliphatic rings. The Labute approximate surface area is 157 Å². The van der Waals surface area contributed by atoms with Crippen molar-refractivity contribution in [2.75, 3.05) is 7.11 Å². The van der Waals surface area contributed by atoms with Crippen molar-refractivity contribution in [2.24, 2.45) is 0 Å². The summed E-state index contributed by atoms with van der Waals surface area (Å²) in [5.41, 5.74) is 1.18. The van der Waals surface area contributed by atoms with E-state index in [2.05, 4.69) is 59.7 Å². The van der Waals surface area contributed by atoms with Crippen LogP contribution in [-0.2, 0) is 0 Å². The second-order valence-electron chi connectivity index (χ2n) is 5.25. The summed E-state index contributed by atoms with van der Waals surface area (Å²) < 4.78 is 5.26. The molecule has 0 aliphatic heterocycles. The predicted octanol–water partition coefficient (Wildman–Crippen LogP) is 6.28. The molecule has 3 aromatic carbocycles. The van der Waals surface area contributed by atoms with Crippen LogP contribution in [0, 0.1) is 11.2 Å². The summed E-state index contributed by atoms with van der Waals surface area (Å²) in [4.78, 5) is 2.37. The number of hydrogen-bond donors (Lipinski definition) is 0. The minimum absolute atomic E-state index is 0.0736. The van der Waals surface area contributed by atoms with Gasteiger partial charge < -0.3 is 4.74 Å². The van der Waals surface area contributed by atoms with Crippen molar-refractivity contribution in [3.63, 3.8) is 0 Å². The van der Waals surface area contributed by atoms with Crippen molar-refractivity contribution in [3.05, 3.63) is 90.5 Å². The Morgan fingerprint density at radius 2 is 1.36 bits per heavy atom. The summed E-state index contributed by atoms with van der Waals surface area (Å²) in [6, 6.07) is 28.7. The van der Waals surface area contributed by atoms with Crippen LogP contribution in [-0.4, -0.2) is 7.11 Å². The Kier molecular flexibility index (Phi) is 6.50. The molecule has 0 aliphatic carbocycles. The van der Waals surface area contributed by atoms with Crippen LogP contribution < -0.4 is 4.74 Å². The molecule has 0 amide bonds. The molecule has 124 valence electrons. The zero-order valence-electron chi connectivity index (χ0n) is 13.9. The van der Waals surface area contributed by atoms with Crippen LogP contribution in [0.3, 0.4) is 0 Å². The summed E-state index contributed by atoms with van der Waals surface area (Å²) in [5, 5.41) is 3.34. The van der Waals surface area contributed by atoms with Crippen molar-refractivity contribution >= 4 is 23.5 Å². The average Bonchev–Trinajstić information content (AvgIpc) is 2.69. The normalized spacial score (nSPS) is 11.2. The van der Waals surface area contributed by atoms with Crippen LogP contribution in [0.1, 0.15) is 10.8 Å². The van der Waals surface area contributed by atoms with Gasteiger partial charge in [-0.25, -0.2) is 0 Å². The van der Waals surface area contributed by atoms with Gasteiger partial charge >= 0.3 is 0 Å². The van der Waals surface area contributed by atoms with Crippen LogP contribution in [0.4, 0.5) is 0 Å². The lowest BCUT2D eigenvalue weighted by molar-refractivity contribution is 0.414. The number of methoxy groups -OCH3 is 1. The highest BCUT2D eigenvalue weighted by molar-refractivity contribution is 8.04. The first kappa shape index (κ1) is 17.5. The van der Waals surface area contributed by atoms with E-state index < -0.39 is 0 Å². The van der Waals surface area contributed by atoms with Gasteiger partial charge in [0.15, 0.2) is 0 Å². The summed E-state index contributed by atoms with van der Waals surface area (Å²) in [5.74, 6) is 4.27. The van der Waals surface area contributed by atoms with E-state index in [4.69, 9.17) is 4.74 Å². The van der Waals surface area contributed by atoms with Crippen molar-refractivity contribution in [1.82, 2.24) is 0 Å². The lowest BCUT2D eigenvalue weighted by atomic mass is 10.1. The molecule has 1 nitrogen and oxygen atoms in total. The van der Waals surface area contributed by atoms with E-state index in [1.54, 1.807) is 30.6 Å². The van der Waals surface area contributed by atoms with Gasteiger partial charge in [-0.2, -0.15) is 0 Å². The van der Waals surface area contributed by atoms with Gasteiger partial charge in [-0.05, 0) is 59.0 Å². The smallest absolute Gasteiger partial charge is 0.118 e. The molecule has 0 N–H and O–H groups in total. The van der Waals surface area contributed by atoms with Crippen LogP contribution in [0.5, 0.6) is 5.75 Å². The minimum Gasteiger partial charge on any atom is -0.497 e. The van der Waals surface area contributed by atoms with Crippen LogP contribution in [0.2, 0.25) is 0 Å². The second-order valence-corrected chi connectivity index (χ2v) is 7.30. The van der Waals surface area contributed by atoms with Gasteiger partial charge in [-0.15, -0.1) is 11.8 Å². The molecule has 25 heavy (non-hydrogen) atoms. The molecule has 0 bridgehead atoms. The van der Waals surface area contributed by atoms with E-state index in [0.717, 1.165) is 10.6 Å². The maximum absolute atomic E-state index is 5.26. The summed E-state index contributed by atoms with van der Waals surface area (Å²) in [7, 11) is 1.68. The van der Waals surface area contributed by atoms with E-state index in [1.165, 1.54) is 10.5 Å². The first-order chi connectivity index (χ1) is 12.3. The summed E-state index contributed by atoms with van der Waals surface area (Å²) in [6.07, 6.45) is 0. The summed E-state index contributed by atoms with van der Waals surface area (Å²) >= 11 is 3.33. The number of rotatable bonds is 5. The second kappa shape index (κ2) is 9.27. The Bertz CT molecular complexity index is 834. The predicted molar refractivity (Wildman–Crippen MR) is 108 cm³/mol. The lowest BCUT2D eigenvalue weighted by Crippen LogP contribution is -1.91. The molecule has 0 saturated carbocycles. The van der Waals surface area contributed by atoms with Gasteiger partial charge in [0.25, 0.3) is 0 Å². The van der Waals surface area contributed by atoms with Crippen molar-refractivity contribution < 1.29 is 4.74 Å². The van der Waals surface area contributed by atoms with E-state index >= 15 is 0 Å². The Morgan fingerprint density at radius 3 is 1.96 bits per heavy atom. The molecule has 0 fully saturated rings. The Morgan fingerprint density at radius 1 is 0.760 bits per heavy atom. The van der Waals surface area contributed by atoms with Crippen molar-refractivity contribution in [2.45, 2.75) is 15.0 Å². The SMILES string of the molecule is COc1ccc(C(C#CSc2ccccc2)Sc2ccccc2)cc1. The van der Waals surface area contributed by atoms with E-state index in [9.17, 15) is 0 Å². The monoisotopic (exact) mass is 362 g/mol. The van der Waals surface area contributed by atoms with Gasteiger partial charge in [-0.1, -0.05) is 54.5 Å². The molecule has 0 aromatic heterocycles. The van der Waals surface area contributed by atoms with Gasteiger partial charge in [-0.3, -0.25) is 0 Å². The van der Waals surface area contributed by atoms with E-state index in [0.29, 0.717) is 0 Å². The minimum atomic E-state index is 0.0736. The lowest BCUT2D eigenvalue weighted by Gasteiger charge is -2.11. The zero-order chi connectivity index (χ0) is 17.3. The molecule has 1 unspecified atom stereocenters. The number of benzene rings is 3. The van der Waals surface area contributed by atoms with Gasteiger partial charge in [0.05, 0.1) is 12.4 Å². The van der Waals surface area contributed by atoms with Crippen molar-refractivity contribution in [3.8, 4) is 16.9 Å². The first-order valence-electron chi connectivity index (χ1n) is 7.93. The molecule has 3 aromatic rings. The standard InChI is InChI=1S/C22H18OS2/c1-23-19-14-12-18(13-15-19)22(25-21-10-6-3-7-11-21)16-17-24-20-8-4-2-5-9-20/h2-15,22H,1H3. The topological polar surface area (TPSA) is 9.23 Å². The number of thioether (sulfide) groups is 2. The summed E-state index contributed by atoms with van der Waals surface area (Å²) in [6.45, 7) is 0.